The average Bonchev–Trinajstić information content (AvgIpc) is 2.72. The quantitative estimate of drug-likeness (QED) is 0.429. The number of aliphatic imine (C=N–C) groups is 1. The Morgan fingerprint density at radius 3 is 2.23 bits per heavy atom. The number of nitrogens with one attached hydrogen (secondary N) is 2. The molecule has 0 aromatic heterocycles. The molecule has 0 atom stereocenters. The number of carbonyl (C=O) groups is 1. The van der Waals surface area contributed by atoms with Crippen molar-refractivity contribution in [2.24, 2.45) is 10.1 Å². The third-order valence-electron chi connectivity index (χ3n) is 4.52. The van der Waals surface area contributed by atoms with E-state index in [9.17, 15) is 13.2 Å². The molecule has 9 heteroatoms. The van der Waals surface area contributed by atoms with E-state index in [2.05, 4.69) is 34.7 Å². The maximum Gasteiger partial charge on any atom is 0.241 e. The fourth-order valence-electron chi connectivity index (χ4n) is 2.70. The molecule has 0 radical (unpaired) electrons. The first-order valence-electron chi connectivity index (χ1n) is 9.61. The minimum Gasteiger partial charge on any atom is -0.352 e. The molecular formula is C21H29N5O3S. The van der Waals surface area contributed by atoms with Gasteiger partial charge in [-0.05, 0) is 35.2 Å². The van der Waals surface area contributed by atoms with E-state index >= 15 is 0 Å². The second-order valence-electron chi connectivity index (χ2n) is 6.97. The Labute approximate surface area is 178 Å². The first kappa shape index (κ1) is 23.4. The molecule has 0 bridgehead atoms. The molecule has 0 aliphatic carbocycles. The molecule has 0 fully saturated rings. The number of hydrogen-bond acceptors (Lipinski definition) is 4. The van der Waals surface area contributed by atoms with Crippen LogP contribution in [-0.4, -0.2) is 45.8 Å². The number of hydrogen-bond donors (Lipinski definition) is 3. The molecule has 4 N–H and O–H groups in total. The van der Waals surface area contributed by atoms with Gasteiger partial charge in [0.2, 0.25) is 15.9 Å². The lowest BCUT2D eigenvalue weighted by Gasteiger charge is -2.16. The number of nitrogens with two attached hydrogens (primary N) is 1. The molecule has 0 saturated carbocycles. The number of benzene rings is 2. The molecule has 1 amide bonds. The molecule has 2 aromatic rings. The number of aryl methyl sites for hydroxylation is 1. The Kier molecular flexibility index (Phi) is 8.37. The fraction of sp³-hybridized carbons (Fsp3) is 0.333. The van der Waals surface area contributed by atoms with Crippen LogP contribution in [0.25, 0.3) is 0 Å². The molecule has 2 rings (SSSR count). The summed E-state index contributed by atoms with van der Waals surface area (Å²) < 4.78 is 22.8. The SMILES string of the molecule is CCc1ccccc1CNC(=NCc1ccc(S(N)(=O)=O)cc1)NCC(=O)N(C)C. The van der Waals surface area contributed by atoms with Crippen LogP contribution in [0, 0.1) is 0 Å². The highest BCUT2D eigenvalue weighted by molar-refractivity contribution is 7.89. The van der Waals surface area contributed by atoms with Gasteiger partial charge in [0, 0.05) is 20.6 Å². The van der Waals surface area contributed by atoms with Crippen molar-refractivity contribution in [2.75, 3.05) is 20.6 Å². The van der Waals surface area contributed by atoms with E-state index in [1.54, 1.807) is 26.2 Å². The lowest BCUT2D eigenvalue weighted by molar-refractivity contribution is -0.127. The van der Waals surface area contributed by atoms with E-state index in [-0.39, 0.29) is 17.3 Å². The van der Waals surface area contributed by atoms with Gasteiger partial charge < -0.3 is 15.5 Å². The Morgan fingerprint density at radius 2 is 1.67 bits per heavy atom. The van der Waals surface area contributed by atoms with Gasteiger partial charge in [-0.15, -0.1) is 0 Å². The summed E-state index contributed by atoms with van der Waals surface area (Å²) in [6.45, 7) is 3.09. The van der Waals surface area contributed by atoms with Crippen molar-refractivity contribution in [1.29, 1.82) is 0 Å². The lowest BCUT2D eigenvalue weighted by Crippen LogP contribution is -2.42. The smallest absolute Gasteiger partial charge is 0.241 e. The van der Waals surface area contributed by atoms with Crippen LogP contribution in [0.15, 0.2) is 58.4 Å². The molecule has 0 spiro atoms. The van der Waals surface area contributed by atoms with Crippen LogP contribution < -0.4 is 15.8 Å². The van der Waals surface area contributed by atoms with Gasteiger partial charge in [0.1, 0.15) is 0 Å². The van der Waals surface area contributed by atoms with E-state index in [0.717, 1.165) is 17.5 Å². The molecule has 0 saturated heterocycles. The molecule has 0 aliphatic heterocycles. The number of primary sulfonamides is 1. The normalized spacial score (nSPS) is 11.8. The molecule has 0 unspecified atom stereocenters. The van der Waals surface area contributed by atoms with Gasteiger partial charge in [-0.3, -0.25) is 4.79 Å². The summed E-state index contributed by atoms with van der Waals surface area (Å²) in [5.41, 5.74) is 3.22. The summed E-state index contributed by atoms with van der Waals surface area (Å²) in [5, 5.41) is 11.4. The summed E-state index contributed by atoms with van der Waals surface area (Å²) in [5.74, 6) is 0.419. The second kappa shape index (κ2) is 10.7. The highest BCUT2D eigenvalue weighted by atomic mass is 32.2. The summed E-state index contributed by atoms with van der Waals surface area (Å²) >= 11 is 0. The summed E-state index contributed by atoms with van der Waals surface area (Å²) in [6.07, 6.45) is 0.924. The zero-order valence-electron chi connectivity index (χ0n) is 17.6. The van der Waals surface area contributed by atoms with Gasteiger partial charge in [-0.2, -0.15) is 0 Å². The lowest BCUT2D eigenvalue weighted by atomic mass is 10.1. The van der Waals surface area contributed by atoms with Crippen LogP contribution in [-0.2, 0) is 34.3 Å². The van der Waals surface area contributed by atoms with Crippen molar-refractivity contribution in [3.05, 3.63) is 65.2 Å². The predicted octanol–water partition coefficient (Wildman–Crippen LogP) is 1.22. The minimum absolute atomic E-state index is 0.0551. The molecule has 162 valence electrons. The Morgan fingerprint density at radius 1 is 1.03 bits per heavy atom. The topological polar surface area (TPSA) is 117 Å². The zero-order chi connectivity index (χ0) is 22.1. The van der Waals surface area contributed by atoms with Crippen molar-refractivity contribution >= 4 is 21.9 Å². The summed E-state index contributed by atoms with van der Waals surface area (Å²) in [7, 11) is -0.339. The van der Waals surface area contributed by atoms with Gasteiger partial charge in [0.05, 0.1) is 18.0 Å². The van der Waals surface area contributed by atoms with E-state index in [4.69, 9.17) is 5.14 Å². The predicted molar refractivity (Wildman–Crippen MR) is 118 cm³/mol. The Hall–Kier alpha value is -2.91. The number of likely N-dealkylation sites (N-methyl/N-ethyl adjacent to an activating group) is 1. The van der Waals surface area contributed by atoms with Crippen molar-refractivity contribution < 1.29 is 13.2 Å². The van der Waals surface area contributed by atoms with Crippen LogP contribution in [0.4, 0.5) is 0 Å². The van der Waals surface area contributed by atoms with Gasteiger partial charge in [0.15, 0.2) is 5.96 Å². The van der Waals surface area contributed by atoms with E-state index in [0.29, 0.717) is 19.0 Å². The number of nitrogens with zero attached hydrogens (tertiary/aromatic N) is 2. The van der Waals surface area contributed by atoms with E-state index in [1.165, 1.54) is 22.6 Å². The van der Waals surface area contributed by atoms with Crippen LogP contribution in [0.1, 0.15) is 23.6 Å². The van der Waals surface area contributed by atoms with Crippen LogP contribution >= 0.6 is 0 Å². The minimum atomic E-state index is -3.73. The zero-order valence-corrected chi connectivity index (χ0v) is 18.4. The van der Waals surface area contributed by atoms with Crippen LogP contribution in [0.5, 0.6) is 0 Å². The first-order valence-corrected chi connectivity index (χ1v) is 11.2. The van der Waals surface area contributed by atoms with Crippen molar-refractivity contribution in [1.82, 2.24) is 15.5 Å². The maximum atomic E-state index is 11.9. The average molecular weight is 432 g/mol. The van der Waals surface area contributed by atoms with Crippen molar-refractivity contribution in [3.63, 3.8) is 0 Å². The second-order valence-corrected chi connectivity index (χ2v) is 8.53. The fourth-order valence-corrected chi connectivity index (χ4v) is 3.22. The summed E-state index contributed by atoms with van der Waals surface area (Å²) in [4.78, 5) is 18.0. The molecule has 30 heavy (non-hydrogen) atoms. The number of carbonyl (C=O) groups excluding carboxylic acids is 1. The maximum absolute atomic E-state index is 11.9. The first-order chi connectivity index (χ1) is 14.2. The molecule has 2 aromatic carbocycles. The van der Waals surface area contributed by atoms with Gasteiger partial charge >= 0.3 is 0 Å². The Bertz CT molecular complexity index is 986. The number of guanidine groups is 1. The standard InChI is InChI=1S/C21H29N5O3S/c1-4-17-7-5-6-8-18(17)14-24-21(25-15-20(27)26(2)3)23-13-16-9-11-19(12-10-16)30(22,28)29/h5-12H,4,13-15H2,1-3H3,(H2,22,28,29)(H2,23,24,25). The van der Waals surface area contributed by atoms with Crippen molar-refractivity contribution in [2.45, 2.75) is 31.3 Å². The third kappa shape index (κ3) is 7.16. The number of amides is 1. The summed E-state index contributed by atoms with van der Waals surface area (Å²) in [6, 6.07) is 14.4. The highest BCUT2D eigenvalue weighted by Gasteiger charge is 2.09. The van der Waals surface area contributed by atoms with Gasteiger partial charge in [-0.25, -0.2) is 18.5 Å². The molecule has 0 heterocycles. The van der Waals surface area contributed by atoms with E-state index in [1.807, 2.05) is 12.1 Å². The third-order valence-corrected chi connectivity index (χ3v) is 5.45. The number of rotatable bonds is 8. The monoisotopic (exact) mass is 431 g/mol. The highest BCUT2D eigenvalue weighted by Crippen LogP contribution is 2.10. The molecule has 8 nitrogen and oxygen atoms in total. The number of sulfonamides is 1. The van der Waals surface area contributed by atoms with Crippen LogP contribution in [0.3, 0.4) is 0 Å². The van der Waals surface area contributed by atoms with Crippen LogP contribution in [0.2, 0.25) is 0 Å². The van der Waals surface area contributed by atoms with Gasteiger partial charge in [0.25, 0.3) is 0 Å². The van der Waals surface area contributed by atoms with E-state index < -0.39 is 10.0 Å². The van der Waals surface area contributed by atoms with Gasteiger partial charge in [-0.1, -0.05) is 43.3 Å². The molecular weight excluding hydrogens is 402 g/mol. The Balaban J connectivity index is 2.12. The van der Waals surface area contributed by atoms with Crippen molar-refractivity contribution in [3.8, 4) is 0 Å². The molecule has 0 aliphatic rings. The largest absolute Gasteiger partial charge is 0.352 e.